The maximum Gasteiger partial charge on any atom is 0.332 e. The number of aliphatic carboxylic acids is 4. The average Bonchev–Trinajstić information content (AvgIpc) is 3.58. The molecular weight excluding hydrogens is 1160 g/mol. The third-order valence-corrected chi connectivity index (χ3v) is 15.3. The minimum Gasteiger partial charge on any atom is -0.497 e. The Morgan fingerprint density at radius 1 is 0.455 bits per heavy atom. The molecule has 28 heteroatoms. The third kappa shape index (κ3) is 16.5. The first-order chi connectivity index (χ1) is 42.7. The topological polar surface area (TPSA) is 359 Å². The number of hydrogen-bond acceptors (Lipinski definition) is 24. The molecule has 0 aromatic heterocycles. The number of carboxylic acid groups (broad SMARTS) is 4. The molecule has 464 valence electrons. The second-order valence-corrected chi connectivity index (χ2v) is 21.1. The van der Waals surface area contributed by atoms with Gasteiger partial charge in [-0.25, -0.2) is 19.2 Å². The molecule has 0 fully saturated rings. The molecule has 0 saturated carbocycles. The molecule has 0 bridgehead atoms. The van der Waals surface area contributed by atoms with Crippen LogP contribution in [0.25, 0.3) is 0 Å². The summed E-state index contributed by atoms with van der Waals surface area (Å²) in [5.41, 5.74) is 10.9. The van der Waals surface area contributed by atoms with Gasteiger partial charge in [0.2, 0.25) is 0 Å². The number of carbonyl (C=O) groups is 4. The van der Waals surface area contributed by atoms with E-state index in [9.17, 15) is 19.2 Å². The fourth-order valence-corrected chi connectivity index (χ4v) is 10.7. The number of thioether (sulfide) groups is 1. The number of fused-ring (bicyclic) bond motifs is 4. The highest BCUT2D eigenvalue weighted by Crippen LogP contribution is 2.32. The van der Waals surface area contributed by atoms with Crippen LogP contribution in [0.1, 0.15) is 0 Å². The Kier molecular flexibility index (Phi) is 21.6. The fraction of sp³-hybridized carbons (Fsp3) is 0.333. The van der Waals surface area contributed by atoms with E-state index in [0.717, 1.165) is 90.6 Å². The van der Waals surface area contributed by atoms with E-state index in [0.29, 0.717) is 81.1 Å². The second kappa shape index (κ2) is 30.1. The van der Waals surface area contributed by atoms with E-state index in [4.69, 9.17) is 53.6 Å². The second-order valence-electron chi connectivity index (χ2n) is 20.0. The summed E-state index contributed by atoms with van der Waals surface area (Å²) >= 11 is 1.56. The van der Waals surface area contributed by atoms with E-state index >= 15 is 0 Å². The summed E-state index contributed by atoms with van der Waals surface area (Å²) in [6.07, 6.45) is 0. The predicted molar refractivity (Wildman–Crippen MR) is 332 cm³/mol. The minimum absolute atomic E-state index is 0.0297. The van der Waals surface area contributed by atoms with Gasteiger partial charge in [0.25, 0.3) is 0 Å². The lowest BCUT2D eigenvalue weighted by atomic mass is 10.1. The SMILES string of the molecule is COc1ccc(NC2=C3NCC(C(=O)O)N=C3CNC2)cc1.COc1ccc(NC2=C3OCC(C(=O)O)N=C3CNC2)cc1.COc1ccc(NC2=C3OCC(C(=O)O)N=C3COC2)cc1.COc1ccc(NC2=C3SCC(C(=O)O)N=C3CNC2)cc1. The summed E-state index contributed by atoms with van der Waals surface area (Å²) in [6, 6.07) is 27.2. The number of rotatable bonds is 16. The average molecular weight is 1230 g/mol. The molecule has 4 unspecified atom stereocenters. The van der Waals surface area contributed by atoms with Crippen LogP contribution in [0, 0.1) is 0 Å². The van der Waals surface area contributed by atoms with Crippen LogP contribution >= 0.6 is 11.8 Å². The van der Waals surface area contributed by atoms with Crippen molar-refractivity contribution in [2.24, 2.45) is 20.0 Å². The molecule has 8 heterocycles. The summed E-state index contributed by atoms with van der Waals surface area (Å²) < 4.78 is 37.2. The van der Waals surface area contributed by atoms with Crippen molar-refractivity contribution in [3.05, 3.63) is 142 Å². The summed E-state index contributed by atoms with van der Waals surface area (Å²) in [7, 11) is 6.50. The molecule has 0 amide bonds. The molecule has 4 atom stereocenters. The number of anilines is 4. The normalized spacial score (nSPS) is 20.7. The molecule has 8 aliphatic rings. The van der Waals surface area contributed by atoms with Crippen molar-refractivity contribution in [3.63, 3.8) is 0 Å². The molecule has 4 aromatic carbocycles. The van der Waals surface area contributed by atoms with Crippen LogP contribution in [0.3, 0.4) is 0 Å². The van der Waals surface area contributed by atoms with Gasteiger partial charge in [0, 0.05) is 80.0 Å². The third-order valence-electron chi connectivity index (χ3n) is 14.0. The van der Waals surface area contributed by atoms with E-state index in [2.05, 4.69) is 62.5 Å². The van der Waals surface area contributed by atoms with E-state index < -0.39 is 48.0 Å². The number of aliphatic imine (C=N–C) groups is 4. The van der Waals surface area contributed by atoms with Crippen LogP contribution in [0.2, 0.25) is 0 Å². The number of benzene rings is 4. The Bertz CT molecular complexity index is 3010. The molecule has 0 saturated heterocycles. The van der Waals surface area contributed by atoms with Gasteiger partial charge in [-0.3, -0.25) is 20.0 Å². The van der Waals surface area contributed by atoms with Gasteiger partial charge in [0.15, 0.2) is 35.7 Å². The van der Waals surface area contributed by atoms with Crippen molar-refractivity contribution >= 4 is 81.2 Å². The largest absolute Gasteiger partial charge is 0.497 e. The Morgan fingerprint density at radius 2 is 0.841 bits per heavy atom. The van der Waals surface area contributed by atoms with Crippen molar-refractivity contribution in [1.82, 2.24) is 21.3 Å². The zero-order valence-corrected chi connectivity index (χ0v) is 49.3. The van der Waals surface area contributed by atoms with Gasteiger partial charge >= 0.3 is 23.9 Å². The highest BCUT2D eigenvalue weighted by Gasteiger charge is 2.33. The highest BCUT2D eigenvalue weighted by molar-refractivity contribution is 8.04. The lowest BCUT2D eigenvalue weighted by Crippen LogP contribution is -2.47. The van der Waals surface area contributed by atoms with Gasteiger partial charge in [-0.15, -0.1) is 11.8 Å². The number of nitrogens with one attached hydrogen (secondary N) is 8. The molecule has 12 N–H and O–H groups in total. The lowest BCUT2D eigenvalue weighted by Gasteiger charge is -2.29. The first kappa shape index (κ1) is 62.9. The molecule has 27 nitrogen and oxygen atoms in total. The lowest BCUT2D eigenvalue weighted by molar-refractivity contribution is -0.140. The number of nitrogens with zero attached hydrogens (tertiary/aromatic N) is 4. The van der Waals surface area contributed by atoms with Crippen LogP contribution in [0.15, 0.2) is 162 Å². The van der Waals surface area contributed by atoms with Crippen molar-refractivity contribution in [3.8, 4) is 23.0 Å². The standard InChI is InChI=1S/C15H18N4O3.C15H17N3O4.C15H17N3O3S.C15H16N2O5/c1-22-10-4-2-9(3-5-10)18-11-6-16-7-12-14(11)17-8-13(19-12)15(20)21;2*1-21-10-4-2-9(3-5-10)17-11-6-16-7-12-14(11)22-8-13(18-12)15(19)20;1-20-10-4-2-9(3-5-10)16-11-6-21-7-12-14(11)22-8-13(17-12)15(18)19/h2-5,13,16-18H,6-8H2,1H3,(H,20,21);2*2-5,13,16-17H,6-8H2,1H3,(H,19,20);2-5,13,16H,6-8H2,1H3,(H,18,19). The first-order valence-corrected chi connectivity index (χ1v) is 28.8. The molecule has 0 spiro atoms. The number of ether oxygens (including phenoxy) is 7. The predicted octanol–water partition coefficient (Wildman–Crippen LogP) is 4.10. The Labute approximate surface area is 510 Å². The van der Waals surface area contributed by atoms with Gasteiger partial charge in [0.05, 0.1) is 86.5 Å². The molecule has 12 rings (SSSR count). The smallest absolute Gasteiger partial charge is 0.332 e. The van der Waals surface area contributed by atoms with E-state index in [1.54, 1.807) is 40.2 Å². The quantitative estimate of drug-likeness (QED) is 0.0751. The van der Waals surface area contributed by atoms with Crippen molar-refractivity contribution < 1.29 is 72.8 Å². The zero-order valence-electron chi connectivity index (χ0n) is 48.5. The zero-order chi connectivity index (χ0) is 62.1. The van der Waals surface area contributed by atoms with Gasteiger partial charge < -0.3 is 96.1 Å². The molecule has 8 aliphatic heterocycles. The van der Waals surface area contributed by atoms with E-state index in [1.807, 2.05) is 97.1 Å². The number of methoxy groups -OCH3 is 4. The van der Waals surface area contributed by atoms with Crippen LogP contribution in [-0.2, 0) is 33.4 Å². The summed E-state index contributed by atoms with van der Waals surface area (Å²) in [5, 5.41) is 62.3. The fourth-order valence-electron chi connectivity index (χ4n) is 9.54. The molecular formula is C60H68N12O15S. The van der Waals surface area contributed by atoms with E-state index in [-0.39, 0.29) is 19.8 Å². The van der Waals surface area contributed by atoms with Crippen molar-refractivity contribution in [2.75, 3.05) is 128 Å². The molecule has 88 heavy (non-hydrogen) atoms. The van der Waals surface area contributed by atoms with Gasteiger partial charge in [-0.2, -0.15) is 0 Å². The summed E-state index contributed by atoms with van der Waals surface area (Å²) in [6.45, 7) is 4.69. The molecule has 0 radical (unpaired) electrons. The number of hydrogen-bond donors (Lipinski definition) is 12. The Hall–Kier alpha value is -9.61. The maximum absolute atomic E-state index is 11.1. The van der Waals surface area contributed by atoms with Crippen LogP contribution in [-0.4, -0.2) is 198 Å². The summed E-state index contributed by atoms with van der Waals surface area (Å²) in [4.78, 5) is 62.2. The maximum atomic E-state index is 11.1. The molecule has 4 aromatic rings. The van der Waals surface area contributed by atoms with Gasteiger partial charge in [-0.05, 0) is 97.1 Å². The first-order valence-electron chi connectivity index (χ1n) is 27.8. The number of carboxylic acids is 4. The summed E-state index contributed by atoms with van der Waals surface area (Å²) in [5.74, 6) is 1.12. The van der Waals surface area contributed by atoms with Gasteiger partial charge in [-0.1, -0.05) is 0 Å². The van der Waals surface area contributed by atoms with Crippen molar-refractivity contribution in [1.29, 1.82) is 0 Å². The van der Waals surface area contributed by atoms with Crippen LogP contribution in [0.5, 0.6) is 23.0 Å². The molecule has 0 aliphatic carbocycles. The Balaban J connectivity index is 0.000000140. The minimum atomic E-state index is -0.998. The van der Waals surface area contributed by atoms with Gasteiger partial charge in [0.1, 0.15) is 41.9 Å². The Morgan fingerprint density at radius 3 is 1.33 bits per heavy atom. The monoisotopic (exact) mass is 1230 g/mol. The van der Waals surface area contributed by atoms with Crippen LogP contribution in [0.4, 0.5) is 22.7 Å². The van der Waals surface area contributed by atoms with Crippen molar-refractivity contribution in [2.45, 2.75) is 24.2 Å². The van der Waals surface area contributed by atoms with Crippen LogP contribution < -0.4 is 61.5 Å². The van der Waals surface area contributed by atoms with E-state index in [1.165, 1.54) is 0 Å². The highest BCUT2D eigenvalue weighted by atomic mass is 32.2.